The van der Waals surface area contributed by atoms with Crippen LogP contribution in [0.15, 0.2) is 91.0 Å². The van der Waals surface area contributed by atoms with E-state index in [0.29, 0.717) is 0 Å². The highest BCUT2D eigenvalue weighted by Gasteiger charge is 2.21. The Balaban J connectivity index is 1.86. The average Bonchev–Trinajstić information content (AvgIpc) is 2.74. The van der Waals surface area contributed by atoms with Gasteiger partial charge in [0.2, 0.25) is 5.91 Å². The lowest BCUT2D eigenvalue weighted by Gasteiger charge is -2.28. The van der Waals surface area contributed by atoms with Crippen molar-refractivity contribution in [1.29, 1.82) is 0 Å². The van der Waals surface area contributed by atoms with E-state index >= 15 is 0 Å². The third-order valence-corrected chi connectivity index (χ3v) is 4.48. The topological polar surface area (TPSA) is 29.5 Å². The molecule has 0 aromatic heterocycles. The largest absolute Gasteiger partial charge is 0.497 e. The first kappa shape index (κ1) is 18.5. The fourth-order valence-electron chi connectivity index (χ4n) is 3.07. The number of ether oxygens (including phenoxy) is 1. The van der Waals surface area contributed by atoms with Gasteiger partial charge in [0.1, 0.15) is 5.75 Å². The van der Waals surface area contributed by atoms with E-state index in [2.05, 4.69) is 0 Å². The molecule has 3 aromatic carbocycles. The van der Waals surface area contributed by atoms with E-state index in [1.54, 1.807) is 18.1 Å². The van der Waals surface area contributed by atoms with Gasteiger partial charge >= 0.3 is 0 Å². The van der Waals surface area contributed by atoms with E-state index in [4.69, 9.17) is 4.74 Å². The van der Waals surface area contributed by atoms with Crippen molar-refractivity contribution in [2.45, 2.75) is 6.04 Å². The van der Waals surface area contributed by atoms with E-state index in [-0.39, 0.29) is 11.9 Å². The molecule has 0 saturated carbocycles. The number of hydrogen-bond donors (Lipinski definition) is 0. The van der Waals surface area contributed by atoms with E-state index in [1.807, 2.05) is 98.1 Å². The van der Waals surface area contributed by atoms with Crippen LogP contribution in [-0.4, -0.2) is 25.0 Å². The van der Waals surface area contributed by atoms with E-state index in [9.17, 15) is 4.79 Å². The smallest absolute Gasteiger partial charge is 0.247 e. The van der Waals surface area contributed by atoms with Crippen molar-refractivity contribution < 1.29 is 9.53 Å². The summed E-state index contributed by atoms with van der Waals surface area (Å²) in [6.45, 7) is 0. The molecule has 0 saturated heterocycles. The number of nitrogens with zero attached hydrogens (tertiary/aromatic N) is 1. The second-order valence-electron chi connectivity index (χ2n) is 6.28. The van der Waals surface area contributed by atoms with Gasteiger partial charge in [0.25, 0.3) is 0 Å². The molecule has 3 nitrogen and oxygen atoms in total. The van der Waals surface area contributed by atoms with Crippen molar-refractivity contribution >= 4 is 12.0 Å². The van der Waals surface area contributed by atoms with Crippen molar-refractivity contribution in [2.75, 3.05) is 14.2 Å². The maximum Gasteiger partial charge on any atom is 0.247 e. The Labute approximate surface area is 160 Å². The Bertz CT molecular complexity index is 864. The Morgan fingerprint density at radius 3 is 2.04 bits per heavy atom. The van der Waals surface area contributed by atoms with Crippen molar-refractivity contribution in [3.05, 3.63) is 108 Å². The standard InChI is InChI=1S/C24H23NO2/c1-25(23(26)17-16-19-10-9-15-22(18-19)27-2)24(20-11-5-3-6-12-20)21-13-7-4-8-14-21/h3-18,24H,1-2H3/b17-16+. The number of likely N-dealkylation sites (N-methyl/N-ethyl adjacent to an activating group) is 1. The molecule has 0 heterocycles. The minimum Gasteiger partial charge on any atom is -0.497 e. The molecule has 3 rings (SSSR count). The molecule has 0 atom stereocenters. The van der Waals surface area contributed by atoms with Gasteiger partial charge in [-0.05, 0) is 34.9 Å². The van der Waals surface area contributed by atoms with Gasteiger partial charge in [-0.2, -0.15) is 0 Å². The summed E-state index contributed by atoms with van der Waals surface area (Å²) in [7, 11) is 3.47. The molecular weight excluding hydrogens is 334 g/mol. The molecular formula is C24H23NO2. The first-order valence-electron chi connectivity index (χ1n) is 8.88. The monoisotopic (exact) mass is 357 g/mol. The molecule has 0 aliphatic heterocycles. The van der Waals surface area contributed by atoms with Crippen molar-refractivity contribution in [3.8, 4) is 5.75 Å². The first-order valence-corrected chi connectivity index (χ1v) is 8.88. The zero-order valence-electron chi connectivity index (χ0n) is 15.6. The summed E-state index contributed by atoms with van der Waals surface area (Å²) in [5, 5.41) is 0. The number of benzene rings is 3. The van der Waals surface area contributed by atoms with Crippen LogP contribution in [0.3, 0.4) is 0 Å². The third kappa shape index (κ3) is 4.64. The molecule has 0 bridgehead atoms. The highest BCUT2D eigenvalue weighted by molar-refractivity contribution is 5.92. The summed E-state index contributed by atoms with van der Waals surface area (Å²) < 4.78 is 5.23. The summed E-state index contributed by atoms with van der Waals surface area (Å²) in [5.74, 6) is 0.708. The van der Waals surface area contributed by atoms with Crippen LogP contribution in [-0.2, 0) is 4.79 Å². The molecule has 3 heteroatoms. The molecule has 0 aliphatic carbocycles. The predicted octanol–water partition coefficient (Wildman–Crippen LogP) is 4.96. The highest BCUT2D eigenvalue weighted by Crippen LogP contribution is 2.27. The number of carbonyl (C=O) groups excluding carboxylic acids is 1. The Morgan fingerprint density at radius 2 is 1.48 bits per heavy atom. The maximum atomic E-state index is 12.9. The van der Waals surface area contributed by atoms with Crippen LogP contribution >= 0.6 is 0 Å². The van der Waals surface area contributed by atoms with Crippen molar-refractivity contribution in [3.63, 3.8) is 0 Å². The van der Waals surface area contributed by atoms with Crippen LogP contribution in [0.4, 0.5) is 0 Å². The van der Waals surface area contributed by atoms with E-state index < -0.39 is 0 Å². The number of methoxy groups -OCH3 is 1. The highest BCUT2D eigenvalue weighted by atomic mass is 16.5. The van der Waals surface area contributed by atoms with Crippen LogP contribution in [0.25, 0.3) is 6.08 Å². The van der Waals surface area contributed by atoms with Crippen LogP contribution in [0.1, 0.15) is 22.7 Å². The normalized spacial score (nSPS) is 10.9. The van der Waals surface area contributed by atoms with Crippen LogP contribution in [0, 0.1) is 0 Å². The number of hydrogen-bond acceptors (Lipinski definition) is 2. The Hall–Kier alpha value is -3.33. The van der Waals surface area contributed by atoms with E-state index in [1.165, 1.54) is 0 Å². The van der Waals surface area contributed by atoms with Gasteiger partial charge in [-0.25, -0.2) is 0 Å². The van der Waals surface area contributed by atoms with E-state index in [0.717, 1.165) is 22.4 Å². The Morgan fingerprint density at radius 1 is 0.889 bits per heavy atom. The lowest BCUT2D eigenvalue weighted by atomic mass is 9.97. The SMILES string of the molecule is COc1cccc(/C=C/C(=O)N(C)C(c2ccccc2)c2ccccc2)c1. The fraction of sp³-hybridized carbons (Fsp3) is 0.125. The van der Waals surface area contributed by atoms with Crippen molar-refractivity contribution in [1.82, 2.24) is 4.90 Å². The first-order chi connectivity index (χ1) is 13.2. The van der Waals surface area contributed by atoms with Crippen molar-refractivity contribution in [2.24, 2.45) is 0 Å². The van der Waals surface area contributed by atoms with Gasteiger partial charge in [0.05, 0.1) is 13.2 Å². The fourth-order valence-corrected chi connectivity index (χ4v) is 3.07. The molecule has 3 aromatic rings. The zero-order chi connectivity index (χ0) is 19.1. The summed E-state index contributed by atoms with van der Waals surface area (Å²) in [5.41, 5.74) is 3.08. The number of carbonyl (C=O) groups is 1. The molecule has 0 aliphatic rings. The van der Waals surface area contributed by atoms with Crippen LogP contribution in [0.2, 0.25) is 0 Å². The second kappa shape index (κ2) is 8.86. The molecule has 27 heavy (non-hydrogen) atoms. The minimum atomic E-state index is -0.144. The molecule has 0 N–H and O–H groups in total. The minimum absolute atomic E-state index is 0.0597. The van der Waals surface area contributed by atoms with Gasteiger partial charge in [-0.1, -0.05) is 72.8 Å². The molecule has 0 radical (unpaired) electrons. The van der Waals surface area contributed by atoms with Gasteiger partial charge in [0, 0.05) is 13.1 Å². The summed E-state index contributed by atoms with van der Waals surface area (Å²) in [4.78, 5) is 14.6. The summed E-state index contributed by atoms with van der Waals surface area (Å²) >= 11 is 0. The molecule has 0 fully saturated rings. The van der Waals surface area contributed by atoms with Gasteiger partial charge in [-0.3, -0.25) is 4.79 Å². The molecule has 0 unspecified atom stereocenters. The zero-order valence-corrected chi connectivity index (χ0v) is 15.6. The lowest BCUT2D eigenvalue weighted by Crippen LogP contribution is -2.30. The maximum absolute atomic E-state index is 12.9. The number of rotatable bonds is 6. The molecule has 0 spiro atoms. The lowest BCUT2D eigenvalue weighted by molar-refractivity contribution is -0.126. The van der Waals surface area contributed by atoms with Gasteiger partial charge in [0.15, 0.2) is 0 Å². The summed E-state index contributed by atoms with van der Waals surface area (Å²) in [6.07, 6.45) is 3.42. The van der Waals surface area contributed by atoms with Crippen LogP contribution in [0.5, 0.6) is 5.75 Å². The third-order valence-electron chi connectivity index (χ3n) is 4.48. The quantitative estimate of drug-likeness (QED) is 0.584. The average molecular weight is 357 g/mol. The molecule has 136 valence electrons. The van der Waals surface area contributed by atoms with Gasteiger partial charge in [-0.15, -0.1) is 0 Å². The summed E-state index contributed by atoms with van der Waals surface area (Å²) in [6, 6.07) is 27.6. The second-order valence-corrected chi connectivity index (χ2v) is 6.28. The van der Waals surface area contributed by atoms with Crippen LogP contribution < -0.4 is 4.74 Å². The predicted molar refractivity (Wildman–Crippen MR) is 110 cm³/mol. The number of amides is 1. The molecule has 1 amide bonds. The van der Waals surface area contributed by atoms with Gasteiger partial charge < -0.3 is 9.64 Å². The Kier molecular flexibility index (Phi) is 6.06.